The molecular weight excluding hydrogens is 410 g/mol. The lowest BCUT2D eigenvalue weighted by Gasteiger charge is -2.25. The molecule has 0 fully saturated rings. The summed E-state index contributed by atoms with van der Waals surface area (Å²) >= 11 is 0. The van der Waals surface area contributed by atoms with Crippen LogP contribution in [0.4, 0.5) is 5.69 Å². The van der Waals surface area contributed by atoms with E-state index in [0.717, 1.165) is 29.9 Å². The standard InChI is InChI=1S/C28H29N3O2/c1-19(28(32)31-16-15-21-7-3-6-10-27(21)31)29-17-24(20-11-13-22(33-2)14-12-20)25-18-30-26-9-5-4-8-23(25)26/h3-14,18-19,24,29-30H,15-17H2,1-2H3/t19-,24+/m1/s1. The predicted molar refractivity (Wildman–Crippen MR) is 133 cm³/mol. The molecule has 33 heavy (non-hydrogen) atoms. The molecule has 1 aliphatic heterocycles. The van der Waals surface area contributed by atoms with E-state index in [9.17, 15) is 4.79 Å². The van der Waals surface area contributed by atoms with Gasteiger partial charge < -0.3 is 19.9 Å². The molecule has 0 bridgehead atoms. The minimum atomic E-state index is -0.290. The SMILES string of the molecule is COc1ccc([C@H](CN[C@H](C)C(=O)N2CCc3ccccc32)c2c[nH]c3ccccc23)cc1. The second kappa shape index (κ2) is 9.12. The van der Waals surface area contributed by atoms with Crippen LogP contribution in [0.5, 0.6) is 5.75 Å². The summed E-state index contributed by atoms with van der Waals surface area (Å²) in [6.45, 7) is 3.36. The second-order valence-electron chi connectivity index (χ2n) is 8.61. The lowest BCUT2D eigenvalue weighted by atomic mass is 9.90. The Morgan fingerprint density at radius 2 is 1.82 bits per heavy atom. The average molecular weight is 440 g/mol. The lowest BCUT2D eigenvalue weighted by molar-refractivity contribution is -0.120. The number of methoxy groups -OCH3 is 1. The smallest absolute Gasteiger partial charge is 0.243 e. The zero-order valence-corrected chi connectivity index (χ0v) is 19.0. The number of anilines is 1. The molecule has 0 saturated heterocycles. The summed E-state index contributed by atoms with van der Waals surface area (Å²) in [5.41, 5.74) is 5.80. The van der Waals surface area contributed by atoms with Crippen LogP contribution in [-0.4, -0.2) is 37.1 Å². The van der Waals surface area contributed by atoms with Crippen molar-refractivity contribution in [2.75, 3.05) is 25.1 Å². The maximum absolute atomic E-state index is 13.3. The quantitative estimate of drug-likeness (QED) is 0.432. The molecule has 4 aromatic rings. The molecule has 2 N–H and O–H groups in total. The Kier molecular flexibility index (Phi) is 5.88. The fourth-order valence-electron chi connectivity index (χ4n) is 4.81. The van der Waals surface area contributed by atoms with E-state index in [1.54, 1.807) is 7.11 Å². The molecule has 0 unspecified atom stereocenters. The number of aromatic amines is 1. The fraction of sp³-hybridized carbons (Fsp3) is 0.250. The molecule has 3 aromatic carbocycles. The van der Waals surface area contributed by atoms with Gasteiger partial charge in [0.15, 0.2) is 0 Å². The highest BCUT2D eigenvalue weighted by atomic mass is 16.5. The van der Waals surface area contributed by atoms with E-state index in [-0.39, 0.29) is 17.9 Å². The summed E-state index contributed by atoms with van der Waals surface area (Å²) in [5, 5.41) is 4.74. The van der Waals surface area contributed by atoms with E-state index in [2.05, 4.69) is 52.9 Å². The normalized spacial score (nSPS) is 14.8. The number of amides is 1. The summed E-state index contributed by atoms with van der Waals surface area (Å²) < 4.78 is 5.35. The molecule has 2 atom stereocenters. The topological polar surface area (TPSA) is 57.4 Å². The van der Waals surface area contributed by atoms with Gasteiger partial charge >= 0.3 is 0 Å². The van der Waals surface area contributed by atoms with Crippen LogP contribution in [0, 0.1) is 0 Å². The van der Waals surface area contributed by atoms with Crippen LogP contribution in [0.15, 0.2) is 79.0 Å². The third-order valence-electron chi connectivity index (χ3n) is 6.67. The van der Waals surface area contributed by atoms with Crippen LogP contribution in [-0.2, 0) is 11.2 Å². The maximum atomic E-state index is 13.3. The van der Waals surface area contributed by atoms with Gasteiger partial charge in [-0.3, -0.25) is 4.79 Å². The van der Waals surface area contributed by atoms with Crippen LogP contribution in [0.3, 0.4) is 0 Å². The minimum absolute atomic E-state index is 0.0909. The van der Waals surface area contributed by atoms with Crippen LogP contribution < -0.4 is 15.0 Å². The Hall–Kier alpha value is -3.57. The minimum Gasteiger partial charge on any atom is -0.497 e. The van der Waals surface area contributed by atoms with Gasteiger partial charge in [-0.2, -0.15) is 0 Å². The van der Waals surface area contributed by atoms with E-state index < -0.39 is 0 Å². The number of carbonyl (C=O) groups is 1. The van der Waals surface area contributed by atoms with Crippen LogP contribution in [0.1, 0.15) is 29.5 Å². The molecule has 1 aliphatic rings. The van der Waals surface area contributed by atoms with Gasteiger partial charge in [-0.1, -0.05) is 48.5 Å². The maximum Gasteiger partial charge on any atom is 0.243 e. The van der Waals surface area contributed by atoms with Gasteiger partial charge in [0.25, 0.3) is 0 Å². The molecular formula is C28H29N3O2. The number of nitrogens with one attached hydrogen (secondary N) is 2. The number of H-pyrrole nitrogens is 1. The van der Waals surface area contributed by atoms with Crippen molar-refractivity contribution in [3.8, 4) is 5.75 Å². The molecule has 1 amide bonds. The number of fused-ring (bicyclic) bond motifs is 2. The van der Waals surface area contributed by atoms with Crippen LogP contribution >= 0.6 is 0 Å². The number of benzene rings is 3. The highest BCUT2D eigenvalue weighted by Gasteiger charge is 2.28. The molecule has 0 aliphatic carbocycles. The summed E-state index contributed by atoms with van der Waals surface area (Å²) in [6.07, 6.45) is 3.00. The number of ether oxygens (including phenoxy) is 1. The number of aromatic nitrogens is 1. The first-order valence-corrected chi connectivity index (χ1v) is 11.5. The number of nitrogens with zero attached hydrogens (tertiary/aromatic N) is 1. The Bertz CT molecular complexity index is 1260. The van der Waals surface area contributed by atoms with E-state index in [4.69, 9.17) is 4.74 Å². The van der Waals surface area contributed by atoms with Gasteiger partial charge in [0, 0.05) is 41.8 Å². The summed E-state index contributed by atoms with van der Waals surface area (Å²) in [6, 6.07) is 24.4. The Morgan fingerprint density at radius 1 is 1.06 bits per heavy atom. The van der Waals surface area contributed by atoms with Crippen molar-refractivity contribution >= 4 is 22.5 Å². The summed E-state index contributed by atoms with van der Waals surface area (Å²) in [7, 11) is 1.68. The molecule has 5 nitrogen and oxygen atoms in total. The van der Waals surface area contributed by atoms with E-state index in [1.807, 2.05) is 48.2 Å². The van der Waals surface area contributed by atoms with Gasteiger partial charge in [-0.25, -0.2) is 0 Å². The largest absolute Gasteiger partial charge is 0.497 e. The summed E-state index contributed by atoms with van der Waals surface area (Å²) in [4.78, 5) is 18.6. The Labute approximate surface area is 194 Å². The molecule has 5 heteroatoms. The Morgan fingerprint density at radius 3 is 2.64 bits per heavy atom. The van der Waals surface area contributed by atoms with Crippen molar-refractivity contribution in [3.63, 3.8) is 0 Å². The van der Waals surface area contributed by atoms with Crippen molar-refractivity contribution in [3.05, 3.63) is 95.7 Å². The highest BCUT2D eigenvalue weighted by Crippen LogP contribution is 2.32. The van der Waals surface area contributed by atoms with Crippen molar-refractivity contribution in [1.82, 2.24) is 10.3 Å². The molecule has 0 saturated carbocycles. The average Bonchev–Trinajstić information content (AvgIpc) is 3.49. The third-order valence-corrected chi connectivity index (χ3v) is 6.67. The van der Waals surface area contributed by atoms with Crippen molar-refractivity contribution < 1.29 is 9.53 Å². The molecule has 0 spiro atoms. The number of hydrogen-bond acceptors (Lipinski definition) is 3. The van der Waals surface area contributed by atoms with Gasteiger partial charge in [0.05, 0.1) is 13.2 Å². The van der Waals surface area contributed by atoms with Gasteiger partial charge in [0.1, 0.15) is 5.75 Å². The van der Waals surface area contributed by atoms with Crippen LogP contribution in [0.25, 0.3) is 10.9 Å². The molecule has 168 valence electrons. The molecule has 1 aromatic heterocycles. The number of carbonyl (C=O) groups excluding carboxylic acids is 1. The van der Waals surface area contributed by atoms with Crippen molar-refractivity contribution in [2.45, 2.75) is 25.3 Å². The van der Waals surface area contributed by atoms with E-state index >= 15 is 0 Å². The van der Waals surface area contributed by atoms with Crippen molar-refractivity contribution in [1.29, 1.82) is 0 Å². The lowest BCUT2D eigenvalue weighted by Crippen LogP contribution is -2.45. The highest BCUT2D eigenvalue weighted by molar-refractivity contribution is 5.98. The zero-order chi connectivity index (χ0) is 22.8. The first kappa shape index (κ1) is 21.3. The van der Waals surface area contributed by atoms with Crippen LogP contribution in [0.2, 0.25) is 0 Å². The second-order valence-corrected chi connectivity index (χ2v) is 8.61. The Balaban J connectivity index is 1.39. The predicted octanol–water partition coefficient (Wildman–Crippen LogP) is 4.88. The first-order valence-electron chi connectivity index (χ1n) is 11.5. The summed E-state index contributed by atoms with van der Waals surface area (Å²) in [5.74, 6) is 1.04. The zero-order valence-electron chi connectivity index (χ0n) is 19.0. The van der Waals surface area contributed by atoms with Gasteiger partial charge in [0.2, 0.25) is 5.91 Å². The monoisotopic (exact) mass is 439 g/mol. The fourth-order valence-corrected chi connectivity index (χ4v) is 4.81. The van der Waals surface area contributed by atoms with Gasteiger partial charge in [-0.05, 0) is 54.3 Å². The molecule has 5 rings (SSSR count). The first-order chi connectivity index (χ1) is 16.2. The molecule has 2 heterocycles. The third kappa shape index (κ3) is 4.12. The number of hydrogen-bond donors (Lipinski definition) is 2. The number of rotatable bonds is 7. The number of para-hydroxylation sites is 2. The van der Waals surface area contributed by atoms with E-state index in [0.29, 0.717) is 6.54 Å². The van der Waals surface area contributed by atoms with E-state index in [1.165, 1.54) is 22.1 Å². The van der Waals surface area contributed by atoms with Crippen molar-refractivity contribution in [2.24, 2.45) is 0 Å². The molecule has 0 radical (unpaired) electrons. The van der Waals surface area contributed by atoms with Gasteiger partial charge in [-0.15, -0.1) is 0 Å².